The lowest BCUT2D eigenvalue weighted by Gasteiger charge is -2.13. The van der Waals surface area contributed by atoms with E-state index in [1.54, 1.807) is 6.92 Å². The molecule has 24 heavy (non-hydrogen) atoms. The van der Waals surface area contributed by atoms with Crippen molar-refractivity contribution in [2.75, 3.05) is 5.32 Å². The van der Waals surface area contributed by atoms with Crippen LogP contribution in [0.3, 0.4) is 0 Å². The third kappa shape index (κ3) is 3.97. The van der Waals surface area contributed by atoms with Gasteiger partial charge in [0.1, 0.15) is 10.8 Å². The van der Waals surface area contributed by atoms with E-state index in [9.17, 15) is 4.79 Å². The van der Waals surface area contributed by atoms with Crippen LogP contribution in [0.1, 0.15) is 12.5 Å². The molecule has 1 amide bonds. The number of amides is 1. The predicted molar refractivity (Wildman–Crippen MR) is 95.2 cm³/mol. The Balaban J connectivity index is 1.63. The van der Waals surface area contributed by atoms with E-state index in [2.05, 4.69) is 15.5 Å². The molecule has 0 fully saturated rings. The van der Waals surface area contributed by atoms with Gasteiger partial charge in [-0.1, -0.05) is 59.4 Å². The van der Waals surface area contributed by atoms with Gasteiger partial charge in [-0.05, 0) is 26.0 Å². The zero-order chi connectivity index (χ0) is 16.9. The fraction of sp³-hybridized carbons (Fsp3) is 0.167. The third-order valence-corrected chi connectivity index (χ3v) is 4.27. The van der Waals surface area contributed by atoms with Gasteiger partial charge in [0.05, 0.1) is 0 Å². The van der Waals surface area contributed by atoms with Crippen LogP contribution >= 0.6 is 11.3 Å². The van der Waals surface area contributed by atoms with E-state index in [0.717, 1.165) is 10.6 Å². The van der Waals surface area contributed by atoms with Crippen molar-refractivity contribution in [1.82, 2.24) is 10.2 Å². The number of aryl methyl sites for hydroxylation is 1. The Morgan fingerprint density at radius 1 is 1.08 bits per heavy atom. The van der Waals surface area contributed by atoms with Crippen molar-refractivity contribution >= 4 is 22.4 Å². The van der Waals surface area contributed by atoms with Gasteiger partial charge in [-0.2, -0.15) is 0 Å². The largest absolute Gasteiger partial charge is 0.481 e. The van der Waals surface area contributed by atoms with Crippen molar-refractivity contribution in [3.05, 3.63) is 60.2 Å². The molecule has 1 heterocycles. The number of hydrogen-bond acceptors (Lipinski definition) is 5. The maximum absolute atomic E-state index is 12.2. The maximum Gasteiger partial charge on any atom is 0.266 e. The van der Waals surface area contributed by atoms with E-state index in [1.165, 1.54) is 16.9 Å². The Hall–Kier alpha value is -2.73. The second kappa shape index (κ2) is 7.23. The molecule has 3 aromatic rings. The number of anilines is 1. The molecular weight excluding hydrogens is 322 g/mol. The summed E-state index contributed by atoms with van der Waals surface area (Å²) in [6, 6.07) is 17.2. The number of carbonyl (C=O) groups excluding carboxylic acids is 1. The first-order valence-corrected chi connectivity index (χ1v) is 8.36. The highest BCUT2D eigenvalue weighted by Crippen LogP contribution is 2.26. The van der Waals surface area contributed by atoms with E-state index < -0.39 is 6.10 Å². The van der Waals surface area contributed by atoms with Crippen molar-refractivity contribution in [3.8, 4) is 16.3 Å². The minimum Gasteiger partial charge on any atom is -0.481 e. The zero-order valence-corrected chi connectivity index (χ0v) is 14.2. The van der Waals surface area contributed by atoms with Crippen LogP contribution in [-0.4, -0.2) is 22.2 Å². The number of hydrogen-bond donors (Lipinski definition) is 1. The van der Waals surface area contributed by atoms with Gasteiger partial charge in [0.15, 0.2) is 6.10 Å². The van der Waals surface area contributed by atoms with Crippen molar-refractivity contribution in [1.29, 1.82) is 0 Å². The molecule has 0 aliphatic heterocycles. The van der Waals surface area contributed by atoms with Crippen molar-refractivity contribution in [2.24, 2.45) is 0 Å². The molecule has 2 aromatic carbocycles. The molecule has 0 radical (unpaired) electrons. The quantitative estimate of drug-likeness (QED) is 0.765. The van der Waals surface area contributed by atoms with Crippen molar-refractivity contribution in [3.63, 3.8) is 0 Å². The number of aromatic nitrogens is 2. The second-order valence-electron chi connectivity index (χ2n) is 5.34. The Kier molecular flexibility index (Phi) is 4.86. The second-order valence-corrected chi connectivity index (χ2v) is 6.32. The molecule has 1 aromatic heterocycles. The molecule has 0 bridgehead atoms. The number of rotatable bonds is 5. The number of benzene rings is 2. The van der Waals surface area contributed by atoms with Crippen LogP contribution in [-0.2, 0) is 4.79 Å². The van der Waals surface area contributed by atoms with E-state index in [1.807, 2.05) is 61.5 Å². The molecule has 0 spiro atoms. The highest BCUT2D eigenvalue weighted by molar-refractivity contribution is 7.18. The van der Waals surface area contributed by atoms with Gasteiger partial charge in [-0.3, -0.25) is 10.1 Å². The lowest BCUT2D eigenvalue weighted by Crippen LogP contribution is -2.30. The van der Waals surface area contributed by atoms with Crippen LogP contribution in [0.25, 0.3) is 10.6 Å². The zero-order valence-electron chi connectivity index (χ0n) is 13.4. The summed E-state index contributed by atoms with van der Waals surface area (Å²) in [6.45, 7) is 3.73. The SMILES string of the molecule is Cc1ccc(-c2nnc(NC(=O)[C@@H](C)Oc3ccccc3)s2)cc1. The number of para-hydroxylation sites is 1. The summed E-state index contributed by atoms with van der Waals surface area (Å²) < 4.78 is 5.60. The van der Waals surface area contributed by atoms with Gasteiger partial charge in [-0.15, -0.1) is 10.2 Å². The van der Waals surface area contributed by atoms with Gasteiger partial charge in [0.25, 0.3) is 5.91 Å². The molecule has 6 heteroatoms. The minimum atomic E-state index is -0.626. The van der Waals surface area contributed by atoms with E-state index >= 15 is 0 Å². The summed E-state index contributed by atoms with van der Waals surface area (Å²) in [5.41, 5.74) is 2.16. The Bertz CT molecular complexity index is 816. The highest BCUT2D eigenvalue weighted by Gasteiger charge is 2.17. The molecule has 3 rings (SSSR count). The number of nitrogens with zero attached hydrogens (tertiary/aromatic N) is 2. The summed E-state index contributed by atoms with van der Waals surface area (Å²) in [6.07, 6.45) is -0.626. The summed E-state index contributed by atoms with van der Waals surface area (Å²) in [4.78, 5) is 12.2. The van der Waals surface area contributed by atoms with Crippen LogP contribution in [0.2, 0.25) is 0 Å². The molecule has 0 unspecified atom stereocenters. The first-order valence-electron chi connectivity index (χ1n) is 7.55. The molecule has 1 atom stereocenters. The standard InChI is InChI=1S/C18H17N3O2S/c1-12-8-10-14(11-9-12)17-20-21-18(24-17)19-16(22)13(2)23-15-6-4-3-5-7-15/h3-11,13H,1-2H3,(H,19,21,22)/t13-/m1/s1. The Morgan fingerprint density at radius 3 is 2.50 bits per heavy atom. The van der Waals surface area contributed by atoms with Gasteiger partial charge in [0, 0.05) is 5.56 Å². The average Bonchev–Trinajstić information content (AvgIpc) is 3.05. The Labute approximate surface area is 144 Å². The highest BCUT2D eigenvalue weighted by atomic mass is 32.1. The average molecular weight is 339 g/mol. The van der Waals surface area contributed by atoms with Gasteiger partial charge < -0.3 is 4.74 Å². The summed E-state index contributed by atoms with van der Waals surface area (Å²) in [5.74, 6) is 0.392. The van der Waals surface area contributed by atoms with E-state index in [4.69, 9.17) is 4.74 Å². The lowest BCUT2D eigenvalue weighted by molar-refractivity contribution is -0.122. The fourth-order valence-corrected chi connectivity index (χ4v) is 2.80. The van der Waals surface area contributed by atoms with Crippen LogP contribution in [0.15, 0.2) is 54.6 Å². The number of carbonyl (C=O) groups is 1. The molecule has 0 aliphatic carbocycles. The predicted octanol–water partition coefficient (Wildman–Crippen LogP) is 3.92. The fourth-order valence-electron chi connectivity index (χ4n) is 2.05. The first-order chi connectivity index (χ1) is 11.6. The molecule has 122 valence electrons. The Morgan fingerprint density at radius 2 is 1.79 bits per heavy atom. The maximum atomic E-state index is 12.2. The molecule has 5 nitrogen and oxygen atoms in total. The molecule has 0 saturated heterocycles. The minimum absolute atomic E-state index is 0.259. The number of ether oxygens (including phenoxy) is 1. The molecule has 1 N–H and O–H groups in total. The van der Waals surface area contributed by atoms with E-state index in [-0.39, 0.29) is 5.91 Å². The lowest BCUT2D eigenvalue weighted by atomic mass is 10.2. The summed E-state index contributed by atoms with van der Waals surface area (Å²) >= 11 is 1.33. The van der Waals surface area contributed by atoms with E-state index in [0.29, 0.717) is 10.9 Å². The summed E-state index contributed by atoms with van der Waals surface area (Å²) in [7, 11) is 0. The van der Waals surface area contributed by atoms with Crippen molar-refractivity contribution in [2.45, 2.75) is 20.0 Å². The van der Waals surface area contributed by atoms with Crippen LogP contribution in [0.4, 0.5) is 5.13 Å². The van der Waals surface area contributed by atoms with Crippen LogP contribution in [0, 0.1) is 6.92 Å². The number of nitrogens with one attached hydrogen (secondary N) is 1. The molecule has 0 aliphatic rings. The smallest absolute Gasteiger partial charge is 0.266 e. The van der Waals surface area contributed by atoms with Crippen LogP contribution < -0.4 is 10.1 Å². The van der Waals surface area contributed by atoms with Crippen molar-refractivity contribution < 1.29 is 9.53 Å². The van der Waals surface area contributed by atoms with Gasteiger partial charge in [0.2, 0.25) is 5.13 Å². The monoisotopic (exact) mass is 339 g/mol. The topological polar surface area (TPSA) is 64.1 Å². The van der Waals surface area contributed by atoms with Gasteiger partial charge in [-0.25, -0.2) is 0 Å². The third-order valence-electron chi connectivity index (χ3n) is 3.38. The summed E-state index contributed by atoms with van der Waals surface area (Å²) in [5, 5.41) is 12.1. The normalized spacial score (nSPS) is 11.8. The molecular formula is C18H17N3O2S. The van der Waals surface area contributed by atoms with Crippen LogP contribution in [0.5, 0.6) is 5.75 Å². The first kappa shape index (κ1) is 16.1. The van der Waals surface area contributed by atoms with Gasteiger partial charge >= 0.3 is 0 Å². The molecule has 0 saturated carbocycles.